The Morgan fingerprint density at radius 1 is 1.39 bits per heavy atom. The van der Waals surface area contributed by atoms with E-state index in [1.807, 2.05) is 12.1 Å². The smallest absolute Gasteiger partial charge is 0.129 e. The molecular formula is C15H23NO2. The molecule has 3 heteroatoms. The number of furan rings is 1. The van der Waals surface area contributed by atoms with Crippen molar-refractivity contribution in [1.82, 2.24) is 5.32 Å². The SMILES string of the molecule is C1=CCC(CNCCCOCc2ccco2)CC1. The molecule has 0 fully saturated rings. The third kappa shape index (κ3) is 5.07. The summed E-state index contributed by atoms with van der Waals surface area (Å²) in [5.74, 6) is 1.73. The standard InChI is InChI=1S/C15H23NO2/c1-2-6-14(7-3-1)12-16-9-5-10-17-13-15-8-4-11-18-15/h1-2,4,8,11,14,16H,3,5-7,9-10,12-13H2. The van der Waals surface area contributed by atoms with Gasteiger partial charge < -0.3 is 14.5 Å². The molecule has 0 aromatic carbocycles. The Bertz CT molecular complexity index is 332. The van der Waals surface area contributed by atoms with E-state index in [4.69, 9.17) is 9.15 Å². The van der Waals surface area contributed by atoms with Crippen LogP contribution in [0.25, 0.3) is 0 Å². The fourth-order valence-corrected chi connectivity index (χ4v) is 2.21. The summed E-state index contributed by atoms with van der Waals surface area (Å²) >= 11 is 0. The van der Waals surface area contributed by atoms with E-state index in [9.17, 15) is 0 Å². The summed E-state index contributed by atoms with van der Waals surface area (Å²) in [6.45, 7) is 3.56. The van der Waals surface area contributed by atoms with Crippen molar-refractivity contribution in [1.29, 1.82) is 0 Å². The normalized spacial score (nSPS) is 19.2. The molecule has 1 aliphatic rings. The summed E-state index contributed by atoms with van der Waals surface area (Å²) in [4.78, 5) is 0. The zero-order valence-electron chi connectivity index (χ0n) is 10.9. The number of hydrogen-bond acceptors (Lipinski definition) is 3. The molecule has 0 saturated carbocycles. The third-order valence-electron chi connectivity index (χ3n) is 3.28. The molecule has 1 aromatic rings. The van der Waals surface area contributed by atoms with Crippen LogP contribution in [-0.4, -0.2) is 19.7 Å². The molecule has 1 aliphatic carbocycles. The zero-order chi connectivity index (χ0) is 12.5. The van der Waals surface area contributed by atoms with Gasteiger partial charge in [0.2, 0.25) is 0 Å². The maximum absolute atomic E-state index is 5.53. The third-order valence-corrected chi connectivity index (χ3v) is 3.28. The molecule has 0 bridgehead atoms. The maximum Gasteiger partial charge on any atom is 0.129 e. The summed E-state index contributed by atoms with van der Waals surface area (Å²) in [6, 6.07) is 3.83. The van der Waals surface area contributed by atoms with Crippen molar-refractivity contribution < 1.29 is 9.15 Å². The number of ether oxygens (including phenoxy) is 1. The van der Waals surface area contributed by atoms with Crippen LogP contribution >= 0.6 is 0 Å². The van der Waals surface area contributed by atoms with Crippen molar-refractivity contribution in [2.24, 2.45) is 5.92 Å². The quantitative estimate of drug-likeness (QED) is 0.568. The molecule has 18 heavy (non-hydrogen) atoms. The van der Waals surface area contributed by atoms with E-state index in [1.54, 1.807) is 6.26 Å². The van der Waals surface area contributed by atoms with Gasteiger partial charge in [0.05, 0.1) is 6.26 Å². The number of allylic oxidation sites excluding steroid dienone is 2. The highest BCUT2D eigenvalue weighted by Gasteiger charge is 2.08. The lowest BCUT2D eigenvalue weighted by Gasteiger charge is -2.18. The Labute approximate surface area is 109 Å². The highest BCUT2D eigenvalue weighted by Crippen LogP contribution is 2.16. The summed E-state index contributed by atoms with van der Waals surface area (Å²) < 4.78 is 10.7. The van der Waals surface area contributed by atoms with Crippen LogP contribution in [0.5, 0.6) is 0 Å². The Morgan fingerprint density at radius 2 is 2.39 bits per heavy atom. The van der Waals surface area contributed by atoms with Gasteiger partial charge in [0.25, 0.3) is 0 Å². The summed E-state index contributed by atoms with van der Waals surface area (Å²) in [6.07, 6.45) is 11.2. The molecule has 0 aliphatic heterocycles. The van der Waals surface area contributed by atoms with Gasteiger partial charge in [-0.2, -0.15) is 0 Å². The Hall–Kier alpha value is -1.06. The van der Waals surface area contributed by atoms with Crippen molar-refractivity contribution in [3.63, 3.8) is 0 Å². The number of rotatable bonds is 8. The molecule has 1 N–H and O–H groups in total. The molecule has 1 heterocycles. The second-order valence-electron chi connectivity index (χ2n) is 4.84. The Kier molecular flexibility index (Phi) is 6.03. The van der Waals surface area contributed by atoms with Crippen LogP contribution in [0.2, 0.25) is 0 Å². The monoisotopic (exact) mass is 249 g/mol. The maximum atomic E-state index is 5.53. The molecule has 0 saturated heterocycles. The van der Waals surface area contributed by atoms with Crippen LogP contribution in [-0.2, 0) is 11.3 Å². The average Bonchev–Trinajstić information content (AvgIpc) is 2.92. The van der Waals surface area contributed by atoms with Gasteiger partial charge in [0.1, 0.15) is 12.4 Å². The van der Waals surface area contributed by atoms with E-state index in [-0.39, 0.29) is 0 Å². The fourth-order valence-electron chi connectivity index (χ4n) is 2.21. The van der Waals surface area contributed by atoms with Crippen molar-refractivity contribution in [3.05, 3.63) is 36.3 Å². The first-order chi connectivity index (χ1) is 8.95. The number of hydrogen-bond donors (Lipinski definition) is 1. The topological polar surface area (TPSA) is 34.4 Å². The largest absolute Gasteiger partial charge is 0.467 e. The molecule has 1 aromatic heterocycles. The average molecular weight is 249 g/mol. The van der Waals surface area contributed by atoms with Crippen LogP contribution in [0.4, 0.5) is 0 Å². The van der Waals surface area contributed by atoms with E-state index < -0.39 is 0 Å². The minimum absolute atomic E-state index is 0.584. The van der Waals surface area contributed by atoms with E-state index in [0.717, 1.165) is 37.8 Å². The minimum atomic E-state index is 0.584. The first-order valence-electron chi connectivity index (χ1n) is 6.91. The molecule has 3 nitrogen and oxygen atoms in total. The van der Waals surface area contributed by atoms with Gasteiger partial charge in [-0.05, 0) is 56.8 Å². The Morgan fingerprint density at radius 3 is 3.17 bits per heavy atom. The molecule has 1 atom stereocenters. The van der Waals surface area contributed by atoms with Crippen LogP contribution < -0.4 is 5.32 Å². The second kappa shape index (κ2) is 8.11. The van der Waals surface area contributed by atoms with Gasteiger partial charge in [-0.25, -0.2) is 0 Å². The van der Waals surface area contributed by atoms with E-state index in [1.165, 1.54) is 19.3 Å². The predicted octanol–water partition coefficient (Wildman–Crippen LogP) is 3.13. The first-order valence-corrected chi connectivity index (χ1v) is 6.91. The van der Waals surface area contributed by atoms with Crippen molar-refractivity contribution in [3.8, 4) is 0 Å². The lowest BCUT2D eigenvalue weighted by molar-refractivity contribution is 0.104. The van der Waals surface area contributed by atoms with Crippen LogP contribution in [0, 0.1) is 5.92 Å². The molecule has 100 valence electrons. The van der Waals surface area contributed by atoms with Gasteiger partial charge in [-0.3, -0.25) is 0 Å². The van der Waals surface area contributed by atoms with Crippen LogP contribution in [0.1, 0.15) is 31.4 Å². The van der Waals surface area contributed by atoms with E-state index in [2.05, 4.69) is 17.5 Å². The molecule has 0 spiro atoms. The van der Waals surface area contributed by atoms with Crippen molar-refractivity contribution in [2.45, 2.75) is 32.3 Å². The van der Waals surface area contributed by atoms with Crippen molar-refractivity contribution >= 4 is 0 Å². The predicted molar refractivity (Wildman–Crippen MR) is 72.3 cm³/mol. The van der Waals surface area contributed by atoms with Crippen LogP contribution in [0.15, 0.2) is 35.0 Å². The fraction of sp³-hybridized carbons (Fsp3) is 0.600. The summed E-state index contributed by atoms with van der Waals surface area (Å²) in [7, 11) is 0. The second-order valence-corrected chi connectivity index (χ2v) is 4.84. The van der Waals surface area contributed by atoms with Gasteiger partial charge >= 0.3 is 0 Å². The van der Waals surface area contributed by atoms with Crippen molar-refractivity contribution in [2.75, 3.05) is 19.7 Å². The molecule has 2 rings (SSSR count). The minimum Gasteiger partial charge on any atom is -0.467 e. The lowest BCUT2D eigenvalue weighted by Crippen LogP contribution is -2.25. The van der Waals surface area contributed by atoms with Gasteiger partial charge in [0, 0.05) is 6.61 Å². The van der Waals surface area contributed by atoms with E-state index >= 15 is 0 Å². The van der Waals surface area contributed by atoms with Crippen LogP contribution in [0.3, 0.4) is 0 Å². The van der Waals surface area contributed by atoms with E-state index in [0.29, 0.717) is 6.61 Å². The van der Waals surface area contributed by atoms with Gasteiger partial charge in [0.15, 0.2) is 0 Å². The number of nitrogens with one attached hydrogen (secondary N) is 1. The zero-order valence-corrected chi connectivity index (χ0v) is 10.9. The summed E-state index contributed by atoms with van der Waals surface area (Å²) in [5.41, 5.74) is 0. The summed E-state index contributed by atoms with van der Waals surface area (Å²) in [5, 5.41) is 3.51. The molecular weight excluding hydrogens is 226 g/mol. The lowest BCUT2D eigenvalue weighted by atomic mass is 9.94. The Balaban J connectivity index is 1.40. The molecule has 1 unspecified atom stereocenters. The highest BCUT2D eigenvalue weighted by atomic mass is 16.5. The first kappa shape index (κ1) is 13.4. The molecule has 0 amide bonds. The van der Waals surface area contributed by atoms with Gasteiger partial charge in [-0.15, -0.1) is 0 Å². The van der Waals surface area contributed by atoms with Gasteiger partial charge in [-0.1, -0.05) is 12.2 Å². The molecule has 0 radical (unpaired) electrons. The highest BCUT2D eigenvalue weighted by molar-refractivity contribution is 4.96.